The van der Waals surface area contributed by atoms with E-state index in [1.54, 1.807) is 0 Å². The maximum Gasteiger partial charge on any atom is 0.0619 e. The molecule has 0 fully saturated rings. The van der Waals surface area contributed by atoms with E-state index >= 15 is 0 Å². The molecule has 3 heterocycles. The first-order valence-corrected chi connectivity index (χ1v) is 38.5. The SMILES string of the molecule is CC(C)(C)c1cc2c3c(c1)N(c1c(-c4ccccc4)cc(-c4ccccc4)cc1-c1ccccc1)c1cc(-n4c5ccc(C(C)(C)C)cc5c5cc(C(C)(C)C)ccc54)ccc1C3c1ccc(C3c4ccccc4Cc4ccccc43)cc1N2c1c(-c2ccccc2)cc(-c2ccccc2)cc1-c1ccccc1. The average molecular weight is 1390 g/mol. The fraction of sp³-hybridized carbons (Fsp3) is 0.143. The van der Waals surface area contributed by atoms with Crippen molar-refractivity contribution in [3.63, 3.8) is 0 Å². The molecule has 0 spiro atoms. The molecule has 0 bridgehead atoms. The molecule has 3 nitrogen and oxygen atoms in total. The third kappa shape index (κ3) is 11.2. The van der Waals surface area contributed by atoms with Gasteiger partial charge in [-0.1, -0.05) is 323 Å². The summed E-state index contributed by atoms with van der Waals surface area (Å²) in [6.07, 6.45) is 0.898. The van der Waals surface area contributed by atoms with Gasteiger partial charge >= 0.3 is 0 Å². The van der Waals surface area contributed by atoms with Crippen molar-refractivity contribution in [3.8, 4) is 72.4 Å². The van der Waals surface area contributed by atoms with Gasteiger partial charge in [0.2, 0.25) is 0 Å². The smallest absolute Gasteiger partial charge is 0.0619 e. The lowest BCUT2D eigenvalue weighted by molar-refractivity contribution is 0.589. The molecule has 19 rings (SSSR count). The maximum absolute atomic E-state index is 2.76. The number of fused-ring (bicyclic) bond motifs is 9. The highest BCUT2D eigenvalue weighted by molar-refractivity contribution is 6.12. The second-order valence-corrected chi connectivity index (χ2v) is 33.2. The van der Waals surface area contributed by atoms with Gasteiger partial charge in [-0.05, 0) is 202 Å². The van der Waals surface area contributed by atoms with Crippen molar-refractivity contribution < 1.29 is 0 Å². The number of benzene rings is 15. The minimum Gasteiger partial charge on any atom is -0.309 e. The van der Waals surface area contributed by atoms with Gasteiger partial charge < -0.3 is 14.4 Å². The van der Waals surface area contributed by atoms with Crippen LogP contribution < -0.4 is 9.80 Å². The summed E-state index contributed by atoms with van der Waals surface area (Å²) in [5.41, 5.74) is 38.0. The first-order valence-electron chi connectivity index (χ1n) is 38.5. The Morgan fingerprint density at radius 2 is 0.611 bits per heavy atom. The quantitative estimate of drug-likeness (QED) is 0.135. The molecule has 0 amide bonds. The Balaban J connectivity index is 0.990. The van der Waals surface area contributed by atoms with E-state index in [0.717, 1.165) is 102 Å². The fourth-order valence-corrected chi connectivity index (χ4v) is 17.8. The van der Waals surface area contributed by atoms with E-state index in [0.29, 0.717) is 0 Å². The number of hydrogen-bond acceptors (Lipinski definition) is 2. The molecule has 1 aromatic heterocycles. The van der Waals surface area contributed by atoms with Crippen molar-refractivity contribution in [1.29, 1.82) is 0 Å². The van der Waals surface area contributed by atoms with Crippen LogP contribution in [0.3, 0.4) is 0 Å². The third-order valence-electron chi connectivity index (χ3n) is 23.4. The molecule has 3 aliphatic rings. The van der Waals surface area contributed by atoms with Gasteiger partial charge in [-0.2, -0.15) is 0 Å². The van der Waals surface area contributed by atoms with Crippen LogP contribution in [0.25, 0.3) is 94.3 Å². The number of nitrogens with zero attached hydrogens (tertiary/aromatic N) is 3. The van der Waals surface area contributed by atoms with Gasteiger partial charge in [0, 0.05) is 56.1 Å². The zero-order valence-electron chi connectivity index (χ0n) is 63.0. The van der Waals surface area contributed by atoms with Gasteiger partial charge in [0.15, 0.2) is 0 Å². The minimum absolute atomic E-state index is 0.0210. The number of rotatable bonds is 10. The van der Waals surface area contributed by atoms with Crippen LogP contribution in [0.4, 0.5) is 34.1 Å². The Labute approximate surface area is 636 Å². The van der Waals surface area contributed by atoms with E-state index < -0.39 is 0 Å². The van der Waals surface area contributed by atoms with Crippen molar-refractivity contribution in [1.82, 2.24) is 4.57 Å². The van der Waals surface area contributed by atoms with Crippen LogP contribution in [0.15, 0.2) is 340 Å². The first-order chi connectivity index (χ1) is 52.5. The summed E-state index contributed by atoms with van der Waals surface area (Å²) in [4.78, 5) is 5.50. The number of hydrogen-bond donors (Lipinski definition) is 0. The van der Waals surface area contributed by atoms with Gasteiger partial charge in [-0.15, -0.1) is 0 Å². The van der Waals surface area contributed by atoms with Gasteiger partial charge in [-0.3, -0.25) is 0 Å². The molecule has 0 saturated carbocycles. The van der Waals surface area contributed by atoms with Gasteiger partial charge in [0.05, 0.1) is 45.2 Å². The Morgan fingerprint density at radius 3 is 1.00 bits per heavy atom. The van der Waals surface area contributed by atoms with Crippen LogP contribution in [0.2, 0.25) is 0 Å². The number of aromatic nitrogens is 1. The molecule has 1 aliphatic carbocycles. The standard InChI is InChI=1S/C105H87N3/c1-103(2,3)78-49-54-92-90(62-78)91-63-79(104(4,5)6)50-55-93(91)106(92)81-51-53-85-95(66-81)108(102-88(71-40-24-14-25-41-71)59-77(68-34-18-11-19-35-68)60-89(102)72-42-26-15-27-43-72)97-65-80(105(7,8)9)64-96-100(97)99(85)84-52-48-75(98-82-46-30-28-44-73(82)56-74-45-29-31-47-83(74)98)61-94(84)107(96)101-86(69-36-20-12-21-37-69)57-76(67-32-16-10-17-33-67)58-87(101)70-38-22-13-23-39-70/h10-55,57-66,98-99H,56H2,1-9H3. The number of anilines is 6. The average Bonchev–Trinajstić information content (AvgIpc) is 0.717. The molecular formula is C105H87N3. The van der Waals surface area contributed by atoms with Crippen molar-refractivity contribution >= 4 is 55.9 Å². The Bertz CT molecular complexity index is 5950. The summed E-state index contributed by atoms with van der Waals surface area (Å²) in [6, 6.07) is 130. The van der Waals surface area contributed by atoms with Crippen LogP contribution in [0, 0.1) is 0 Å². The summed E-state index contributed by atoms with van der Waals surface area (Å²) in [5, 5.41) is 2.53. The molecule has 0 N–H and O–H groups in total. The van der Waals surface area contributed by atoms with E-state index in [1.807, 2.05) is 0 Å². The highest BCUT2D eigenvalue weighted by Crippen LogP contribution is 2.65. The molecule has 16 aromatic rings. The lowest BCUT2D eigenvalue weighted by Gasteiger charge is -2.47. The normalized spacial score (nSPS) is 14.0. The van der Waals surface area contributed by atoms with Crippen LogP contribution in [0.1, 0.15) is 135 Å². The molecule has 0 saturated heterocycles. The fourth-order valence-electron chi connectivity index (χ4n) is 17.8. The predicted molar refractivity (Wildman–Crippen MR) is 456 cm³/mol. The highest BCUT2D eigenvalue weighted by atomic mass is 15.2. The lowest BCUT2D eigenvalue weighted by Crippen LogP contribution is -2.31. The van der Waals surface area contributed by atoms with E-state index in [2.05, 4.69) is 416 Å². The van der Waals surface area contributed by atoms with E-state index in [9.17, 15) is 0 Å². The van der Waals surface area contributed by atoms with Gasteiger partial charge in [-0.25, -0.2) is 0 Å². The summed E-state index contributed by atoms with van der Waals surface area (Å²) in [5.74, 6) is -0.266. The van der Waals surface area contributed by atoms with E-state index in [1.165, 1.54) is 94.3 Å². The Morgan fingerprint density at radius 1 is 0.259 bits per heavy atom. The van der Waals surface area contributed by atoms with Crippen molar-refractivity contribution in [3.05, 3.63) is 401 Å². The molecule has 522 valence electrons. The second-order valence-electron chi connectivity index (χ2n) is 33.2. The topological polar surface area (TPSA) is 11.4 Å². The predicted octanol–water partition coefficient (Wildman–Crippen LogP) is 28.5. The summed E-state index contributed by atoms with van der Waals surface area (Å²) < 4.78 is 2.57. The van der Waals surface area contributed by atoms with E-state index in [4.69, 9.17) is 0 Å². The van der Waals surface area contributed by atoms with Crippen LogP contribution in [-0.4, -0.2) is 4.57 Å². The molecule has 0 radical (unpaired) electrons. The van der Waals surface area contributed by atoms with E-state index in [-0.39, 0.29) is 28.1 Å². The molecular weight excluding hydrogens is 1300 g/mol. The second kappa shape index (κ2) is 25.7. The molecule has 108 heavy (non-hydrogen) atoms. The molecule has 15 aromatic carbocycles. The molecule has 3 heteroatoms. The first kappa shape index (κ1) is 66.4. The molecule has 2 aliphatic heterocycles. The monoisotopic (exact) mass is 1390 g/mol. The largest absolute Gasteiger partial charge is 0.309 e. The van der Waals surface area contributed by atoms with Gasteiger partial charge in [0.1, 0.15) is 0 Å². The van der Waals surface area contributed by atoms with Crippen molar-refractivity contribution in [2.45, 2.75) is 96.8 Å². The molecule has 1 unspecified atom stereocenters. The van der Waals surface area contributed by atoms with Gasteiger partial charge in [0.25, 0.3) is 0 Å². The Kier molecular flexibility index (Phi) is 15.8. The van der Waals surface area contributed by atoms with Crippen molar-refractivity contribution in [2.24, 2.45) is 0 Å². The summed E-state index contributed by atoms with van der Waals surface area (Å²) in [7, 11) is 0. The zero-order chi connectivity index (χ0) is 73.3. The van der Waals surface area contributed by atoms with Crippen LogP contribution in [-0.2, 0) is 22.7 Å². The lowest BCUT2D eigenvalue weighted by atomic mass is 9.71. The Hall–Kier alpha value is -12.3. The highest BCUT2D eigenvalue weighted by Gasteiger charge is 2.45. The summed E-state index contributed by atoms with van der Waals surface area (Å²) in [6.45, 7) is 21.2. The third-order valence-corrected chi connectivity index (χ3v) is 23.4. The minimum atomic E-state index is -0.345. The zero-order valence-corrected chi connectivity index (χ0v) is 63.0. The van der Waals surface area contributed by atoms with Crippen LogP contribution >= 0.6 is 0 Å². The molecule has 1 atom stereocenters. The maximum atomic E-state index is 2.76. The summed E-state index contributed by atoms with van der Waals surface area (Å²) >= 11 is 0. The van der Waals surface area contributed by atoms with Crippen molar-refractivity contribution in [2.75, 3.05) is 9.80 Å². The van der Waals surface area contributed by atoms with Crippen LogP contribution in [0.5, 0.6) is 0 Å².